The molecule has 0 saturated carbocycles. The molecule has 0 fully saturated rings. The van der Waals surface area contributed by atoms with Gasteiger partial charge in [-0.25, -0.2) is 10.2 Å². The molecule has 29 heavy (non-hydrogen) atoms. The predicted molar refractivity (Wildman–Crippen MR) is 105 cm³/mol. The van der Waals surface area contributed by atoms with Gasteiger partial charge in [-0.1, -0.05) is 30.3 Å². The smallest absolute Gasteiger partial charge is 0.407 e. The second kappa shape index (κ2) is 10.4. The third-order valence-corrected chi connectivity index (χ3v) is 3.75. The second-order valence-electron chi connectivity index (χ2n) is 5.85. The molecule has 10 heteroatoms. The van der Waals surface area contributed by atoms with E-state index in [1.165, 1.54) is 12.3 Å². The number of carbonyl (C=O) groups excluding carboxylic acids is 2. The van der Waals surface area contributed by atoms with Crippen molar-refractivity contribution < 1.29 is 24.4 Å². The highest BCUT2D eigenvalue weighted by Crippen LogP contribution is 2.25. The Labute approximate surface area is 166 Å². The van der Waals surface area contributed by atoms with Crippen LogP contribution in [0.5, 0.6) is 5.75 Å². The largest absolute Gasteiger partial charge is 0.502 e. The number of aromatic hydroxyl groups is 1. The number of carbonyl (C=O) groups is 2. The summed E-state index contributed by atoms with van der Waals surface area (Å²) in [5.41, 5.74) is 2.93. The van der Waals surface area contributed by atoms with Gasteiger partial charge in [0, 0.05) is 18.1 Å². The number of hydrazone groups is 1. The van der Waals surface area contributed by atoms with Crippen molar-refractivity contribution in [3.8, 4) is 5.75 Å². The Hall–Kier alpha value is -3.95. The highest BCUT2D eigenvalue weighted by molar-refractivity contribution is 5.88. The Bertz CT molecular complexity index is 901. The van der Waals surface area contributed by atoms with Crippen LogP contribution in [0.1, 0.15) is 18.1 Å². The third-order valence-electron chi connectivity index (χ3n) is 3.75. The summed E-state index contributed by atoms with van der Waals surface area (Å²) < 4.78 is 4.82. The summed E-state index contributed by atoms with van der Waals surface area (Å²) in [6.45, 7) is 1.80. The summed E-state index contributed by atoms with van der Waals surface area (Å²) in [7, 11) is 0. The molecular weight excluding hydrogens is 380 g/mol. The number of rotatable bonds is 8. The van der Waals surface area contributed by atoms with Gasteiger partial charge in [0.05, 0.1) is 17.7 Å². The van der Waals surface area contributed by atoms with Crippen molar-refractivity contribution in [1.82, 2.24) is 10.7 Å². The molecule has 2 rings (SSSR count). The molecule has 2 aromatic rings. The molecule has 0 aromatic heterocycles. The molecule has 0 unspecified atom stereocenters. The van der Waals surface area contributed by atoms with E-state index in [4.69, 9.17) is 4.74 Å². The van der Waals surface area contributed by atoms with Gasteiger partial charge in [0.25, 0.3) is 5.91 Å². The molecule has 0 aliphatic carbocycles. The fourth-order valence-electron chi connectivity index (χ4n) is 2.39. The van der Waals surface area contributed by atoms with Gasteiger partial charge in [-0.05, 0) is 24.6 Å². The average Bonchev–Trinajstić information content (AvgIpc) is 2.69. The highest BCUT2D eigenvalue weighted by Gasteiger charge is 2.21. The summed E-state index contributed by atoms with van der Waals surface area (Å²) in [4.78, 5) is 34.3. The molecule has 0 heterocycles. The summed E-state index contributed by atoms with van der Waals surface area (Å²) in [6.07, 6.45) is 0.668. The number of phenolic OH excluding ortho intramolecular Hbond substituents is 1. The summed E-state index contributed by atoms with van der Waals surface area (Å²) in [5.74, 6) is -1.07. The molecule has 2 aromatic carbocycles. The van der Waals surface area contributed by atoms with Gasteiger partial charge in [-0.2, -0.15) is 5.10 Å². The monoisotopic (exact) mass is 400 g/mol. The Morgan fingerprint density at radius 1 is 1.28 bits per heavy atom. The Morgan fingerprint density at radius 2 is 2.00 bits per heavy atom. The minimum absolute atomic E-state index is 0.156. The Balaban J connectivity index is 2.08. The first kappa shape index (κ1) is 21.4. The van der Waals surface area contributed by atoms with Crippen LogP contribution in [0.25, 0.3) is 0 Å². The van der Waals surface area contributed by atoms with Crippen LogP contribution in [0, 0.1) is 10.1 Å². The standard InChI is InChI=1S/C19H20N4O6/c1-2-29-19(26)21-15(10-13-6-4-3-5-7-13)18(25)22-20-12-14-8-9-17(24)16(11-14)23(27)28/h3-9,11-12,15,24H,2,10H2,1H3,(H,21,26)(H,22,25)/b20-12-/t15-/m0/s1. The average molecular weight is 400 g/mol. The molecule has 0 aliphatic heterocycles. The number of hydrogen-bond acceptors (Lipinski definition) is 7. The van der Waals surface area contributed by atoms with Crippen LogP contribution in [0.4, 0.5) is 10.5 Å². The van der Waals surface area contributed by atoms with E-state index in [2.05, 4.69) is 15.8 Å². The van der Waals surface area contributed by atoms with Gasteiger partial charge in [-0.15, -0.1) is 0 Å². The zero-order chi connectivity index (χ0) is 21.2. The maximum Gasteiger partial charge on any atom is 0.407 e. The van der Waals surface area contributed by atoms with E-state index in [0.29, 0.717) is 5.56 Å². The lowest BCUT2D eigenvalue weighted by atomic mass is 10.1. The second-order valence-corrected chi connectivity index (χ2v) is 5.85. The molecule has 0 aliphatic rings. The first-order valence-corrected chi connectivity index (χ1v) is 8.68. The van der Waals surface area contributed by atoms with E-state index in [1.54, 1.807) is 6.92 Å². The lowest BCUT2D eigenvalue weighted by Crippen LogP contribution is -2.47. The molecule has 0 bridgehead atoms. The van der Waals surface area contributed by atoms with Gasteiger partial charge in [-0.3, -0.25) is 14.9 Å². The summed E-state index contributed by atoms with van der Waals surface area (Å²) in [5, 5.41) is 26.5. The number of alkyl carbamates (subject to hydrolysis) is 1. The number of benzene rings is 2. The number of amides is 2. The number of ether oxygens (including phenoxy) is 1. The van der Waals surface area contributed by atoms with E-state index in [-0.39, 0.29) is 13.0 Å². The van der Waals surface area contributed by atoms with Crippen LogP contribution < -0.4 is 10.7 Å². The number of nitrogens with one attached hydrogen (secondary N) is 2. The van der Waals surface area contributed by atoms with E-state index in [0.717, 1.165) is 17.7 Å². The van der Waals surface area contributed by atoms with Crippen LogP contribution in [0.3, 0.4) is 0 Å². The third kappa shape index (κ3) is 6.61. The molecule has 0 spiro atoms. The van der Waals surface area contributed by atoms with Crippen LogP contribution in [-0.4, -0.2) is 40.9 Å². The van der Waals surface area contributed by atoms with Gasteiger partial charge >= 0.3 is 11.8 Å². The van der Waals surface area contributed by atoms with Crippen molar-refractivity contribution in [2.75, 3.05) is 6.61 Å². The van der Waals surface area contributed by atoms with E-state index < -0.39 is 34.4 Å². The van der Waals surface area contributed by atoms with Gasteiger partial charge in [0.1, 0.15) is 6.04 Å². The van der Waals surface area contributed by atoms with E-state index in [9.17, 15) is 24.8 Å². The number of nitro groups is 1. The van der Waals surface area contributed by atoms with Crippen molar-refractivity contribution in [2.45, 2.75) is 19.4 Å². The molecule has 0 saturated heterocycles. The quantitative estimate of drug-likeness (QED) is 0.352. The molecular formula is C19H20N4O6. The topological polar surface area (TPSA) is 143 Å². The van der Waals surface area contributed by atoms with Crippen molar-refractivity contribution in [3.63, 3.8) is 0 Å². The van der Waals surface area contributed by atoms with Crippen LogP contribution in [0.15, 0.2) is 53.6 Å². The van der Waals surface area contributed by atoms with Crippen LogP contribution in [-0.2, 0) is 16.0 Å². The maximum absolute atomic E-state index is 12.5. The fourth-order valence-corrected chi connectivity index (χ4v) is 2.39. The number of hydrogen-bond donors (Lipinski definition) is 3. The van der Waals surface area contributed by atoms with Crippen molar-refractivity contribution in [1.29, 1.82) is 0 Å². The lowest BCUT2D eigenvalue weighted by Gasteiger charge is -2.16. The van der Waals surface area contributed by atoms with E-state index in [1.807, 2.05) is 30.3 Å². The minimum atomic E-state index is -0.942. The molecule has 1 atom stereocenters. The molecule has 10 nitrogen and oxygen atoms in total. The Kier molecular flexibility index (Phi) is 7.66. The van der Waals surface area contributed by atoms with Gasteiger partial charge in [0.15, 0.2) is 5.75 Å². The maximum atomic E-state index is 12.5. The predicted octanol–water partition coefficient (Wildman–Crippen LogP) is 2.11. The Morgan fingerprint density at radius 3 is 2.66 bits per heavy atom. The summed E-state index contributed by atoms with van der Waals surface area (Å²) >= 11 is 0. The van der Waals surface area contributed by atoms with Gasteiger partial charge in [0.2, 0.25) is 0 Å². The van der Waals surface area contributed by atoms with Crippen LogP contribution >= 0.6 is 0 Å². The molecule has 0 radical (unpaired) electrons. The van der Waals surface area contributed by atoms with Crippen molar-refractivity contribution >= 4 is 23.9 Å². The van der Waals surface area contributed by atoms with Crippen LogP contribution in [0.2, 0.25) is 0 Å². The SMILES string of the molecule is CCOC(=O)N[C@@H](Cc1ccccc1)C(=O)N/N=C\c1ccc(O)c([N+](=O)[O-])c1. The molecule has 3 N–H and O–H groups in total. The highest BCUT2D eigenvalue weighted by atomic mass is 16.6. The fraction of sp³-hybridized carbons (Fsp3) is 0.211. The minimum Gasteiger partial charge on any atom is -0.502 e. The number of nitrogens with zero attached hydrogens (tertiary/aromatic N) is 2. The zero-order valence-corrected chi connectivity index (χ0v) is 15.6. The first-order valence-electron chi connectivity index (χ1n) is 8.68. The first-order chi connectivity index (χ1) is 13.9. The summed E-state index contributed by atoms with van der Waals surface area (Å²) in [6, 6.07) is 11.8. The van der Waals surface area contributed by atoms with Gasteiger partial charge < -0.3 is 15.2 Å². The zero-order valence-electron chi connectivity index (χ0n) is 15.6. The molecule has 152 valence electrons. The normalized spacial score (nSPS) is 11.6. The molecule has 2 amide bonds. The van der Waals surface area contributed by atoms with Crippen molar-refractivity contribution in [2.24, 2.45) is 5.10 Å². The van der Waals surface area contributed by atoms with E-state index >= 15 is 0 Å². The van der Waals surface area contributed by atoms with Crippen molar-refractivity contribution in [3.05, 3.63) is 69.8 Å². The number of nitro benzene ring substituents is 1. The lowest BCUT2D eigenvalue weighted by molar-refractivity contribution is -0.385. The number of phenols is 1.